The molecule has 0 N–H and O–H groups in total. The van der Waals surface area contributed by atoms with E-state index < -0.39 is 0 Å². The Labute approximate surface area is 90.7 Å². The fourth-order valence-electron chi connectivity index (χ4n) is 1.52. The molecule has 0 aliphatic rings. The minimum absolute atomic E-state index is 0.811. The van der Waals surface area contributed by atoms with Gasteiger partial charge in [-0.2, -0.15) is 9.61 Å². The molecule has 2 rings (SSSR count). The monoisotopic (exact) mass is 254 g/mol. The average molecular weight is 255 g/mol. The van der Waals surface area contributed by atoms with Gasteiger partial charge in [0, 0.05) is 14.1 Å². The molecule has 0 aromatic carbocycles. The minimum Gasteiger partial charge on any atom is -0.361 e. The van der Waals surface area contributed by atoms with E-state index in [1.807, 2.05) is 42.6 Å². The van der Waals surface area contributed by atoms with Crippen LogP contribution in [-0.2, 0) is 0 Å². The van der Waals surface area contributed by atoms with Crippen molar-refractivity contribution >= 4 is 27.4 Å². The van der Waals surface area contributed by atoms with Crippen molar-refractivity contribution in [2.75, 3.05) is 19.0 Å². The van der Waals surface area contributed by atoms with E-state index in [2.05, 4.69) is 26.0 Å². The molecule has 0 aliphatic heterocycles. The van der Waals surface area contributed by atoms with Crippen molar-refractivity contribution in [1.29, 1.82) is 0 Å². The lowest BCUT2D eigenvalue weighted by molar-refractivity contribution is 0.883. The second-order valence-corrected chi connectivity index (χ2v) is 4.15. The molecule has 2 heterocycles. The topological polar surface area (TPSA) is 33.4 Å². The summed E-state index contributed by atoms with van der Waals surface area (Å²) in [4.78, 5) is 6.42. The molecule has 0 fully saturated rings. The summed E-state index contributed by atoms with van der Waals surface area (Å²) in [6, 6.07) is 3.83. The Morgan fingerprint density at radius 3 is 2.71 bits per heavy atom. The molecule has 0 bridgehead atoms. The van der Waals surface area contributed by atoms with E-state index in [0.29, 0.717) is 0 Å². The van der Waals surface area contributed by atoms with Gasteiger partial charge in [-0.3, -0.25) is 0 Å². The number of hydrogen-bond acceptors (Lipinski definition) is 3. The molecule has 74 valence electrons. The van der Waals surface area contributed by atoms with Gasteiger partial charge in [0.1, 0.15) is 4.60 Å². The Morgan fingerprint density at radius 1 is 1.36 bits per heavy atom. The average Bonchev–Trinajstić information content (AvgIpc) is 2.40. The first-order valence-corrected chi connectivity index (χ1v) is 5.08. The Kier molecular flexibility index (Phi) is 2.19. The van der Waals surface area contributed by atoms with Gasteiger partial charge in [-0.15, -0.1) is 0 Å². The van der Waals surface area contributed by atoms with Gasteiger partial charge in [-0.05, 0) is 35.0 Å². The number of imidazole rings is 1. The van der Waals surface area contributed by atoms with Gasteiger partial charge in [0.15, 0.2) is 11.5 Å². The maximum Gasteiger partial charge on any atom is 0.156 e. The van der Waals surface area contributed by atoms with Crippen LogP contribution in [0, 0.1) is 6.92 Å². The fourth-order valence-corrected chi connectivity index (χ4v) is 1.81. The molecular formula is C9H11BrN4. The smallest absolute Gasteiger partial charge is 0.156 e. The Balaban J connectivity index is 2.79. The van der Waals surface area contributed by atoms with Crippen LogP contribution in [0.15, 0.2) is 16.7 Å². The van der Waals surface area contributed by atoms with Gasteiger partial charge in [-0.25, -0.2) is 4.98 Å². The van der Waals surface area contributed by atoms with Crippen LogP contribution in [0.4, 0.5) is 5.82 Å². The quantitative estimate of drug-likeness (QED) is 0.779. The highest BCUT2D eigenvalue weighted by atomic mass is 79.9. The van der Waals surface area contributed by atoms with Crippen molar-refractivity contribution in [3.8, 4) is 0 Å². The van der Waals surface area contributed by atoms with E-state index >= 15 is 0 Å². The predicted octanol–water partition coefficient (Wildman–Crippen LogP) is 1.87. The molecule has 0 atom stereocenters. The number of nitrogens with zero attached hydrogens (tertiary/aromatic N) is 4. The SMILES string of the molecule is Cc1nc2ccc(Br)nn2c1N(C)C. The van der Waals surface area contributed by atoms with Crippen molar-refractivity contribution in [2.45, 2.75) is 6.92 Å². The number of halogens is 1. The number of aromatic nitrogens is 3. The summed E-state index contributed by atoms with van der Waals surface area (Å²) >= 11 is 3.35. The van der Waals surface area contributed by atoms with Crippen LogP contribution in [0.2, 0.25) is 0 Å². The van der Waals surface area contributed by atoms with Crippen molar-refractivity contribution in [2.24, 2.45) is 0 Å². The van der Waals surface area contributed by atoms with Crippen LogP contribution in [0.3, 0.4) is 0 Å². The third kappa shape index (κ3) is 1.37. The number of fused-ring (bicyclic) bond motifs is 1. The minimum atomic E-state index is 0.811. The van der Waals surface area contributed by atoms with Gasteiger partial charge in [-0.1, -0.05) is 0 Å². The second-order valence-electron chi connectivity index (χ2n) is 3.34. The zero-order chi connectivity index (χ0) is 10.3. The summed E-state index contributed by atoms with van der Waals surface area (Å²) in [6.45, 7) is 1.98. The van der Waals surface area contributed by atoms with Gasteiger partial charge in [0.2, 0.25) is 0 Å². The Morgan fingerprint density at radius 2 is 2.07 bits per heavy atom. The first kappa shape index (κ1) is 9.45. The zero-order valence-electron chi connectivity index (χ0n) is 8.32. The fraction of sp³-hybridized carbons (Fsp3) is 0.333. The molecule has 14 heavy (non-hydrogen) atoms. The van der Waals surface area contributed by atoms with E-state index in [1.54, 1.807) is 0 Å². The van der Waals surface area contributed by atoms with Crippen LogP contribution < -0.4 is 4.90 Å². The lowest BCUT2D eigenvalue weighted by Crippen LogP contribution is -2.13. The molecule has 0 saturated heterocycles. The van der Waals surface area contributed by atoms with Crippen LogP contribution in [0.1, 0.15) is 5.69 Å². The number of rotatable bonds is 1. The maximum absolute atomic E-state index is 4.41. The molecule has 2 aromatic heterocycles. The van der Waals surface area contributed by atoms with Crippen LogP contribution in [0.25, 0.3) is 5.65 Å². The van der Waals surface area contributed by atoms with E-state index in [0.717, 1.165) is 21.8 Å². The van der Waals surface area contributed by atoms with Gasteiger partial charge in [0.05, 0.1) is 5.69 Å². The highest BCUT2D eigenvalue weighted by Gasteiger charge is 2.11. The lowest BCUT2D eigenvalue weighted by Gasteiger charge is -2.11. The molecule has 0 unspecified atom stereocenters. The number of anilines is 1. The maximum atomic E-state index is 4.41. The van der Waals surface area contributed by atoms with E-state index in [4.69, 9.17) is 0 Å². The Hall–Kier alpha value is -1.10. The highest BCUT2D eigenvalue weighted by Crippen LogP contribution is 2.19. The summed E-state index contributed by atoms with van der Waals surface area (Å²) in [7, 11) is 3.97. The molecule has 0 radical (unpaired) electrons. The number of hydrogen-bond donors (Lipinski definition) is 0. The van der Waals surface area contributed by atoms with E-state index in [-0.39, 0.29) is 0 Å². The van der Waals surface area contributed by atoms with Gasteiger partial charge < -0.3 is 4.90 Å². The standard InChI is InChI=1S/C9H11BrN4/c1-6-9(13(2)3)14-8(11-6)5-4-7(10)12-14/h4-5H,1-3H3. The van der Waals surface area contributed by atoms with Crippen molar-refractivity contribution in [1.82, 2.24) is 14.6 Å². The van der Waals surface area contributed by atoms with E-state index in [1.165, 1.54) is 0 Å². The normalized spacial score (nSPS) is 10.9. The molecule has 5 heteroatoms. The molecule has 0 spiro atoms. The zero-order valence-corrected chi connectivity index (χ0v) is 9.91. The molecule has 0 saturated carbocycles. The predicted molar refractivity (Wildman–Crippen MR) is 59.8 cm³/mol. The van der Waals surface area contributed by atoms with Crippen LogP contribution in [-0.4, -0.2) is 28.7 Å². The van der Waals surface area contributed by atoms with Crippen LogP contribution in [0.5, 0.6) is 0 Å². The summed E-state index contributed by atoms with van der Waals surface area (Å²) in [6.07, 6.45) is 0. The van der Waals surface area contributed by atoms with E-state index in [9.17, 15) is 0 Å². The summed E-state index contributed by atoms with van der Waals surface area (Å²) in [5.41, 5.74) is 1.86. The molecule has 2 aromatic rings. The Bertz CT molecular complexity index is 475. The molecule has 0 amide bonds. The second kappa shape index (κ2) is 3.24. The number of aryl methyl sites for hydroxylation is 1. The van der Waals surface area contributed by atoms with Gasteiger partial charge in [0.25, 0.3) is 0 Å². The highest BCUT2D eigenvalue weighted by molar-refractivity contribution is 9.10. The summed E-state index contributed by atoms with van der Waals surface area (Å²) in [5, 5.41) is 4.35. The van der Waals surface area contributed by atoms with Gasteiger partial charge >= 0.3 is 0 Å². The third-order valence-electron chi connectivity index (χ3n) is 2.01. The van der Waals surface area contributed by atoms with Crippen molar-refractivity contribution in [3.05, 3.63) is 22.4 Å². The molecule has 4 nitrogen and oxygen atoms in total. The molecule has 0 aliphatic carbocycles. The summed E-state index contributed by atoms with van der Waals surface area (Å²) < 4.78 is 2.64. The summed E-state index contributed by atoms with van der Waals surface area (Å²) in [5.74, 6) is 1.02. The van der Waals surface area contributed by atoms with Crippen molar-refractivity contribution < 1.29 is 0 Å². The van der Waals surface area contributed by atoms with Crippen molar-refractivity contribution in [3.63, 3.8) is 0 Å². The molecular weight excluding hydrogens is 244 g/mol. The third-order valence-corrected chi connectivity index (χ3v) is 2.44. The lowest BCUT2D eigenvalue weighted by atomic mass is 10.5. The van der Waals surface area contributed by atoms with Crippen LogP contribution >= 0.6 is 15.9 Å². The largest absolute Gasteiger partial charge is 0.361 e. The first-order valence-electron chi connectivity index (χ1n) is 4.29. The first-order chi connectivity index (χ1) is 6.59.